The zero-order chi connectivity index (χ0) is 13.0. The van der Waals surface area contributed by atoms with Crippen LogP contribution < -0.4 is 0 Å². The molecule has 0 fully saturated rings. The molecular formula is C14H14BrNOS. The first-order chi connectivity index (χ1) is 8.70. The zero-order valence-corrected chi connectivity index (χ0v) is 12.4. The van der Waals surface area contributed by atoms with Gasteiger partial charge in [-0.1, -0.05) is 18.2 Å². The lowest BCUT2D eigenvalue weighted by Crippen LogP contribution is -2.04. The largest absolute Gasteiger partial charge is 0.388 e. The van der Waals surface area contributed by atoms with Crippen LogP contribution in [0.2, 0.25) is 0 Å². The Balaban J connectivity index is 2.16. The Morgan fingerprint density at radius 2 is 2.06 bits per heavy atom. The molecule has 1 N–H and O–H groups in total. The second-order valence-electron chi connectivity index (χ2n) is 3.93. The van der Waals surface area contributed by atoms with E-state index in [1.54, 1.807) is 18.0 Å². The first kappa shape index (κ1) is 13.6. The third-order valence-electron chi connectivity index (χ3n) is 2.69. The number of halogens is 1. The molecule has 1 aromatic carbocycles. The third-order valence-corrected chi connectivity index (χ3v) is 3.97. The van der Waals surface area contributed by atoms with E-state index in [0.29, 0.717) is 6.42 Å². The van der Waals surface area contributed by atoms with Gasteiger partial charge in [0.2, 0.25) is 0 Å². The molecule has 0 spiro atoms. The van der Waals surface area contributed by atoms with Crippen molar-refractivity contribution in [3.63, 3.8) is 0 Å². The van der Waals surface area contributed by atoms with Gasteiger partial charge in [0, 0.05) is 27.7 Å². The van der Waals surface area contributed by atoms with E-state index in [9.17, 15) is 5.11 Å². The van der Waals surface area contributed by atoms with Crippen LogP contribution in [-0.4, -0.2) is 16.3 Å². The third kappa shape index (κ3) is 3.34. The Kier molecular flexibility index (Phi) is 4.80. The topological polar surface area (TPSA) is 33.1 Å². The summed E-state index contributed by atoms with van der Waals surface area (Å²) in [4.78, 5) is 5.40. The molecule has 18 heavy (non-hydrogen) atoms. The fraction of sp³-hybridized carbons (Fsp3) is 0.214. The van der Waals surface area contributed by atoms with Gasteiger partial charge in [-0.15, -0.1) is 11.8 Å². The predicted molar refractivity (Wildman–Crippen MR) is 78.8 cm³/mol. The van der Waals surface area contributed by atoms with Gasteiger partial charge in [0.1, 0.15) is 0 Å². The zero-order valence-electron chi connectivity index (χ0n) is 10.0. The number of hydrogen-bond acceptors (Lipinski definition) is 3. The SMILES string of the molecule is CSc1ccccc1C(O)Cc1ccc(Br)cn1. The molecule has 0 aliphatic heterocycles. The van der Waals surface area contributed by atoms with Gasteiger partial charge in [0.25, 0.3) is 0 Å². The van der Waals surface area contributed by atoms with E-state index in [-0.39, 0.29) is 0 Å². The van der Waals surface area contributed by atoms with Crippen molar-refractivity contribution in [3.05, 3.63) is 58.3 Å². The van der Waals surface area contributed by atoms with Gasteiger partial charge in [0.15, 0.2) is 0 Å². The molecule has 0 aliphatic carbocycles. The fourth-order valence-corrected chi connectivity index (χ4v) is 2.67. The summed E-state index contributed by atoms with van der Waals surface area (Å²) >= 11 is 5.00. The summed E-state index contributed by atoms with van der Waals surface area (Å²) in [6, 6.07) is 11.8. The molecule has 4 heteroatoms. The van der Waals surface area contributed by atoms with E-state index in [0.717, 1.165) is 20.6 Å². The number of benzene rings is 1. The normalized spacial score (nSPS) is 12.4. The molecule has 2 aromatic rings. The van der Waals surface area contributed by atoms with E-state index in [1.165, 1.54) is 0 Å². The minimum Gasteiger partial charge on any atom is -0.388 e. The quantitative estimate of drug-likeness (QED) is 0.868. The number of aliphatic hydroxyl groups excluding tert-OH is 1. The second kappa shape index (κ2) is 6.36. The number of aliphatic hydroxyl groups is 1. The Morgan fingerprint density at radius 1 is 1.28 bits per heavy atom. The average molecular weight is 324 g/mol. The van der Waals surface area contributed by atoms with Gasteiger partial charge in [-0.3, -0.25) is 4.98 Å². The minimum atomic E-state index is -0.512. The lowest BCUT2D eigenvalue weighted by atomic mass is 10.0. The summed E-state index contributed by atoms with van der Waals surface area (Å²) in [5.74, 6) is 0. The highest BCUT2D eigenvalue weighted by molar-refractivity contribution is 9.10. The first-order valence-electron chi connectivity index (χ1n) is 5.62. The van der Waals surface area contributed by atoms with Crippen LogP contribution in [0.15, 0.2) is 52.0 Å². The smallest absolute Gasteiger partial charge is 0.0856 e. The lowest BCUT2D eigenvalue weighted by molar-refractivity contribution is 0.174. The molecule has 0 amide bonds. The van der Waals surface area contributed by atoms with Gasteiger partial charge in [-0.25, -0.2) is 0 Å². The maximum atomic E-state index is 10.3. The van der Waals surface area contributed by atoms with Crippen LogP contribution in [0.3, 0.4) is 0 Å². The van der Waals surface area contributed by atoms with Crippen molar-refractivity contribution in [1.82, 2.24) is 4.98 Å². The minimum absolute atomic E-state index is 0.512. The molecular weight excluding hydrogens is 310 g/mol. The number of aromatic nitrogens is 1. The molecule has 1 heterocycles. The van der Waals surface area contributed by atoms with Crippen molar-refractivity contribution in [2.75, 3.05) is 6.26 Å². The lowest BCUT2D eigenvalue weighted by Gasteiger charge is -2.14. The van der Waals surface area contributed by atoms with Gasteiger partial charge in [-0.05, 0) is 45.9 Å². The van der Waals surface area contributed by atoms with Crippen LogP contribution in [0.5, 0.6) is 0 Å². The molecule has 0 bridgehead atoms. The van der Waals surface area contributed by atoms with Crippen LogP contribution in [0.4, 0.5) is 0 Å². The summed E-state index contributed by atoms with van der Waals surface area (Å²) < 4.78 is 0.949. The van der Waals surface area contributed by atoms with Crippen LogP contribution in [0.25, 0.3) is 0 Å². The van der Waals surface area contributed by atoms with Crippen molar-refractivity contribution in [3.8, 4) is 0 Å². The summed E-state index contributed by atoms with van der Waals surface area (Å²) in [5.41, 5.74) is 1.86. The highest BCUT2D eigenvalue weighted by Crippen LogP contribution is 2.27. The highest BCUT2D eigenvalue weighted by atomic mass is 79.9. The van der Waals surface area contributed by atoms with E-state index < -0.39 is 6.10 Å². The Morgan fingerprint density at radius 3 is 2.72 bits per heavy atom. The molecule has 2 rings (SSSR count). The number of pyridine rings is 1. The molecule has 1 aromatic heterocycles. The molecule has 1 atom stereocenters. The van der Waals surface area contributed by atoms with E-state index >= 15 is 0 Å². The van der Waals surface area contributed by atoms with Crippen molar-refractivity contribution in [2.24, 2.45) is 0 Å². The number of thioether (sulfide) groups is 1. The summed E-state index contributed by atoms with van der Waals surface area (Å²) in [6.45, 7) is 0. The fourth-order valence-electron chi connectivity index (χ4n) is 1.78. The highest BCUT2D eigenvalue weighted by Gasteiger charge is 2.12. The molecule has 0 radical (unpaired) electrons. The number of hydrogen-bond donors (Lipinski definition) is 1. The monoisotopic (exact) mass is 323 g/mol. The Bertz CT molecular complexity index is 515. The van der Waals surface area contributed by atoms with Crippen molar-refractivity contribution >= 4 is 27.7 Å². The Hall–Kier alpha value is -0.840. The van der Waals surface area contributed by atoms with Crippen LogP contribution in [0, 0.1) is 0 Å². The van der Waals surface area contributed by atoms with Crippen molar-refractivity contribution in [2.45, 2.75) is 17.4 Å². The number of rotatable bonds is 4. The standard InChI is InChI=1S/C14H14BrNOS/c1-18-14-5-3-2-4-12(14)13(17)8-11-7-6-10(15)9-16-11/h2-7,9,13,17H,8H2,1H3. The number of nitrogens with zero attached hydrogens (tertiary/aromatic N) is 1. The van der Waals surface area contributed by atoms with Gasteiger partial charge in [0.05, 0.1) is 6.10 Å². The molecule has 94 valence electrons. The molecule has 0 saturated heterocycles. The van der Waals surface area contributed by atoms with Crippen LogP contribution in [0.1, 0.15) is 17.4 Å². The maximum absolute atomic E-state index is 10.3. The van der Waals surface area contributed by atoms with E-state index in [2.05, 4.69) is 20.9 Å². The molecule has 0 aliphatic rings. The van der Waals surface area contributed by atoms with Crippen molar-refractivity contribution < 1.29 is 5.11 Å². The van der Waals surface area contributed by atoms with Gasteiger partial charge in [-0.2, -0.15) is 0 Å². The van der Waals surface area contributed by atoms with Gasteiger partial charge >= 0.3 is 0 Å². The molecule has 2 nitrogen and oxygen atoms in total. The summed E-state index contributed by atoms with van der Waals surface area (Å²) in [6.07, 6.45) is 3.79. The first-order valence-corrected chi connectivity index (χ1v) is 7.64. The summed E-state index contributed by atoms with van der Waals surface area (Å²) in [5, 5.41) is 10.3. The molecule has 0 saturated carbocycles. The van der Waals surface area contributed by atoms with Crippen LogP contribution >= 0.6 is 27.7 Å². The second-order valence-corrected chi connectivity index (χ2v) is 5.69. The summed E-state index contributed by atoms with van der Waals surface area (Å²) in [7, 11) is 0. The van der Waals surface area contributed by atoms with Crippen LogP contribution in [-0.2, 0) is 6.42 Å². The average Bonchev–Trinajstić information content (AvgIpc) is 2.41. The Labute approximate surface area is 120 Å². The van der Waals surface area contributed by atoms with E-state index in [1.807, 2.05) is 42.7 Å². The molecule has 1 unspecified atom stereocenters. The van der Waals surface area contributed by atoms with E-state index in [4.69, 9.17) is 0 Å². The maximum Gasteiger partial charge on any atom is 0.0856 e. The predicted octanol–water partition coefficient (Wildman–Crippen LogP) is 3.84. The van der Waals surface area contributed by atoms with Crippen molar-refractivity contribution in [1.29, 1.82) is 0 Å². The van der Waals surface area contributed by atoms with Gasteiger partial charge < -0.3 is 5.11 Å².